The minimum absolute atomic E-state index is 0.0433. The van der Waals surface area contributed by atoms with Crippen LogP contribution in [0.25, 0.3) is 0 Å². The number of carbonyl (C=O) groups excluding carboxylic acids is 1. The lowest BCUT2D eigenvalue weighted by Crippen LogP contribution is -2.42. The van der Waals surface area contributed by atoms with Crippen LogP contribution in [0.15, 0.2) is 30.3 Å². The van der Waals surface area contributed by atoms with E-state index in [2.05, 4.69) is 20.6 Å². The summed E-state index contributed by atoms with van der Waals surface area (Å²) in [6.45, 7) is 3.83. The van der Waals surface area contributed by atoms with Gasteiger partial charge in [0.05, 0.1) is 5.69 Å². The molecule has 1 aromatic carbocycles. The van der Waals surface area contributed by atoms with Gasteiger partial charge in [0.2, 0.25) is 0 Å². The van der Waals surface area contributed by atoms with Gasteiger partial charge in [0.15, 0.2) is 0 Å². The molecule has 1 fully saturated rings. The van der Waals surface area contributed by atoms with E-state index in [1.807, 2.05) is 19.9 Å². The summed E-state index contributed by atoms with van der Waals surface area (Å²) in [6.07, 6.45) is 3.24. The number of carbonyl (C=O) groups is 1. The van der Waals surface area contributed by atoms with Gasteiger partial charge in [-0.2, -0.15) is 0 Å². The quantitative estimate of drug-likeness (QED) is 0.873. The molecule has 2 amide bonds. The summed E-state index contributed by atoms with van der Waals surface area (Å²) in [5, 5.41) is 5.44. The molecule has 3 rings (SSSR count). The maximum absolute atomic E-state index is 13.6. The van der Waals surface area contributed by atoms with Crippen LogP contribution in [0, 0.1) is 19.7 Å². The number of ether oxygens (including phenoxy) is 1. The number of aryl methyl sites for hydroxylation is 2. The SMILES string of the molecule is Cc1cc(C)nc(OC2CCC(NC(=O)Nc3ccccc3F)CC2)n1. The zero-order chi connectivity index (χ0) is 18.5. The van der Waals surface area contributed by atoms with Gasteiger partial charge in [-0.05, 0) is 57.7 Å². The van der Waals surface area contributed by atoms with E-state index in [0.717, 1.165) is 37.1 Å². The van der Waals surface area contributed by atoms with Gasteiger partial charge >= 0.3 is 12.0 Å². The molecule has 1 saturated carbocycles. The van der Waals surface area contributed by atoms with Crippen molar-refractivity contribution < 1.29 is 13.9 Å². The molecule has 2 aromatic rings. The summed E-state index contributed by atoms with van der Waals surface area (Å²) >= 11 is 0. The molecule has 2 N–H and O–H groups in total. The van der Waals surface area contributed by atoms with E-state index in [1.54, 1.807) is 12.1 Å². The second kappa shape index (κ2) is 8.12. The zero-order valence-corrected chi connectivity index (χ0v) is 15.0. The maximum Gasteiger partial charge on any atom is 0.319 e. The van der Waals surface area contributed by atoms with Crippen molar-refractivity contribution in [1.82, 2.24) is 15.3 Å². The van der Waals surface area contributed by atoms with Crippen LogP contribution >= 0.6 is 0 Å². The minimum Gasteiger partial charge on any atom is -0.460 e. The highest BCUT2D eigenvalue weighted by atomic mass is 19.1. The molecule has 0 spiro atoms. The second-order valence-electron chi connectivity index (χ2n) is 6.60. The average Bonchev–Trinajstić information content (AvgIpc) is 2.58. The largest absolute Gasteiger partial charge is 0.460 e. The van der Waals surface area contributed by atoms with Gasteiger partial charge in [0.1, 0.15) is 11.9 Å². The van der Waals surface area contributed by atoms with E-state index in [1.165, 1.54) is 12.1 Å². The number of hydrogen-bond donors (Lipinski definition) is 2. The van der Waals surface area contributed by atoms with Crippen LogP contribution < -0.4 is 15.4 Å². The fourth-order valence-electron chi connectivity index (χ4n) is 3.13. The van der Waals surface area contributed by atoms with E-state index in [4.69, 9.17) is 4.74 Å². The molecule has 0 aliphatic heterocycles. The van der Waals surface area contributed by atoms with Crippen molar-refractivity contribution >= 4 is 11.7 Å². The number of hydrogen-bond acceptors (Lipinski definition) is 4. The number of para-hydroxylation sites is 1. The molecule has 138 valence electrons. The summed E-state index contributed by atoms with van der Waals surface area (Å²) in [5.74, 6) is -0.451. The van der Waals surface area contributed by atoms with Crippen LogP contribution in [0.2, 0.25) is 0 Å². The summed E-state index contributed by atoms with van der Waals surface area (Å²) < 4.78 is 19.5. The maximum atomic E-state index is 13.6. The Hall–Kier alpha value is -2.70. The van der Waals surface area contributed by atoms with Crippen LogP contribution in [-0.2, 0) is 0 Å². The molecule has 0 saturated heterocycles. The van der Waals surface area contributed by atoms with E-state index in [-0.39, 0.29) is 17.8 Å². The van der Waals surface area contributed by atoms with Crippen molar-refractivity contribution in [3.63, 3.8) is 0 Å². The molecule has 0 bridgehead atoms. The molecule has 0 atom stereocenters. The lowest BCUT2D eigenvalue weighted by molar-refractivity contribution is 0.129. The third-order valence-corrected chi connectivity index (χ3v) is 4.37. The lowest BCUT2D eigenvalue weighted by atomic mass is 9.93. The molecule has 26 heavy (non-hydrogen) atoms. The molecule has 6 nitrogen and oxygen atoms in total. The number of nitrogens with zero attached hydrogens (tertiary/aromatic N) is 2. The fraction of sp³-hybridized carbons (Fsp3) is 0.421. The van der Waals surface area contributed by atoms with E-state index < -0.39 is 11.8 Å². The summed E-state index contributed by atoms with van der Waals surface area (Å²) in [6, 6.07) is 8.07. The molecular weight excluding hydrogens is 335 g/mol. The van der Waals surface area contributed by atoms with E-state index in [9.17, 15) is 9.18 Å². The van der Waals surface area contributed by atoms with E-state index in [0.29, 0.717) is 6.01 Å². The standard InChI is InChI=1S/C19H23FN4O2/c1-12-11-13(2)22-19(21-12)26-15-9-7-14(8-10-15)23-18(25)24-17-6-4-3-5-16(17)20/h3-6,11,14-15H,7-10H2,1-2H3,(H2,23,24,25). The Bertz CT molecular complexity index is 756. The van der Waals surface area contributed by atoms with Gasteiger partial charge in [-0.15, -0.1) is 0 Å². The highest BCUT2D eigenvalue weighted by molar-refractivity contribution is 5.89. The molecule has 7 heteroatoms. The van der Waals surface area contributed by atoms with Gasteiger partial charge in [-0.25, -0.2) is 19.2 Å². The van der Waals surface area contributed by atoms with Gasteiger partial charge in [0.25, 0.3) is 0 Å². The predicted octanol–water partition coefficient (Wildman–Crippen LogP) is 3.74. The first-order valence-corrected chi connectivity index (χ1v) is 8.80. The zero-order valence-electron chi connectivity index (χ0n) is 15.0. The summed E-state index contributed by atoms with van der Waals surface area (Å²) in [4.78, 5) is 20.6. The highest BCUT2D eigenvalue weighted by Gasteiger charge is 2.24. The van der Waals surface area contributed by atoms with Crippen molar-refractivity contribution in [2.45, 2.75) is 51.7 Å². The van der Waals surface area contributed by atoms with Gasteiger partial charge < -0.3 is 15.4 Å². The van der Waals surface area contributed by atoms with Crippen molar-refractivity contribution in [1.29, 1.82) is 0 Å². The molecule has 1 heterocycles. The van der Waals surface area contributed by atoms with Crippen molar-refractivity contribution in [3.8, 4) is 6.01 Å². The van der Waals surface area contributed by atoms with Gasteiger partial charge in [-0.1, -0.05) is 12.1 Å². The molecule has 0 unspecified atom stereocenters. The monoisotopic (exact) mass is 358 g/mol. The predicted molar refractivity (Wildman–Crippen MR) is 96.7 cm³/mol. The number of benzene rings is 1. The first-order valence-electron chi connectivity index (χ1n) is 8.80. The first kappa shape index (κ1) is 18.1. The number of aromatic nitrogens is 2. The second-order valence-corrected chi connectivity index (χ2v) is 6.60. The number of rotatable bonds is 4. The van der Waals surface area contributed by atoms with E-state index >= 15 is 0 Å². The van der Waals surface area contributed by atoms with Crippen LogP contribution in [0.4, 0.5) is 14.9 Å². The first-order chi connectivity index (χ1) is 12.5. The fourth-order valence-corrected chi connectivity index (χ4v) is 3.13. The topological polar surface area (TPSA) is 76.1 Å². The molecule has 1 aliphatic carbocycles. The smallest absolute Gasteiger partial charge is 0.319 e. The Morgan fingerprint density at radius 3 is 2.42 bits per heavy atom. The normalized spacial score (nSPS) is 19.7. The number of anilines is 1. The van der Waals surface area contributed by atoms with Crippen molar-refractivity contribution in [2.24, 2.45) is 0 Å². The average molecular weight is 358 g/mol. The van der Waals surface area contributed by atoms with Crippen molar-refractivity contribution in [2.75, 3.05) is 5.32 Å². The Balaban J connectivity index is 1.46. The van der Waals surface area contributed by atoms with Gasteiger partial charge in [-0.3, -0.25) is 0 Å². The molecule has 0 radical (unpaired) electrons. The van der Waals surface area contributed by atoms with Crippen LogP contribution in [0.5, 0.6) is 6.01 Å². The lowest BCUT2D eigenvalue weighted by Gasteiger charge is -2.29. The Kier molecular flexibility index (Phi) is 5.65. The molecule has 1 aliphatic rings. The number of halogens is 1. The molecule has 1 aromatic heterocycles. The molecular formula is C19H23FN4O2. The summed E-state index contributed by atoms with van der Waals surface area (Å²) in [5.41, 5.74) is 1.94. The number of amides is 2. The minimum atomic E-state index is -0.451. The van der Waals surface area contributed by atoms with Crippen LogP contribution in [0.1, 0.15) is 37.1 Å². The van der Waals surface area contributed by atoms with Gasteiger partial charge in [0, 0.05) is 17.4 Å². The van der Waals surface area contributed by atoms with Crippen LogP contribution in [-0.4, -0.2) is 28.1 Å². The Labute approximate surface area is 152 Å². The number of nitrogens with one attached hydrogen (secondary N) is 2. The third kappa shape index (κ3) is 4.91. The Morgan fingerprint density at radius 1 is 1.12 bits per heavy atom. The van der Waals surface area contributed by atoms with Crippen molar-refractivity contribution in [3.05, 3.63) is 47.5 Å². The summed E-state index contributed by atoms with van der Waals surface area (Å²) in [7, 11) is 0. The highest BCUT2D eigenvalue weighted by Crippen LogP contribution is 2.23. The van der Waals surface area contributed by atoms with Crippen LogP contribution in [0.3, 0.4) is 0 Å². The third-order valence-electron chi connectivity index (χ3n) is 4.37. The number of urea groups is 1. The Morgan fingerprint density at radius 2 is 1.77 bits per heavy atom.